The van der Waals surface area contributed by atoms with Crippen LogP contribution in [0.25, 0.3) is 11.3 Å². The highest BCUT2D eigenvalue weighted by molar-refractivity contribution is 5.88. The Labute approximate surface area is 119 Å². The van der Waals surface area contributed by atoms with Crippen LogP contribution in [0.1, 0.15) is 27.3 Å². The SMILES string of the molecule is O=Cc1ccc(-c2cc(C(=O)O)no2)c2c1OCCCO2. The van der Waals surface area contributed by atoms with Crippen LogP contribution in [-0.4, -0.2) is 35.7 Å². The molecule has 7 heteroatoms. The smallest absolute Gasteiger partial charge is 0.358 e. The molecule has 3 rings (SSSR count). The number of benzene rings is 1. The second kappa shape index (κ2) is 5.28. The summed E-state index contributed by atoms with van der Waals surface area (Å²) in [4.78, 5) is 21.9. The van der Waals surface area contributed by atoms with Gasteiger partial charge in [0.2, 0.25) is 0 Å². The Morgan fingerprint density at radius 2 is 2.00 bits per heavy atom. The van der Waals surface area contributed by atoms with Crippen molar-refractivity contribution in [2.24, 2.45) is 0 Å². The van der Waals surface area contributed by atoms with Crippen LogP contribution in [0.15, 0.2) is 22.7 Å². The molecule has 0 unspecified atom stereocenters. The van der Waals surface area contributed by atoms with E-state index in [2.05, 4.69) is 5.16 Å². The number of rotatable bonds is 3. The van der Waals surface area contributed by atoms with E-state index in [4.69, 9.17) is 19.1 Å². The van der Waals surface area contributed by atoms with Gasteiger partial charge >= 0.3 is 5.97 Å². The van der Waals surface area contributed by atoms with Crippen molar-refractivity contribution in [3.8, 4) is 22.8 Å². The standard InChI is InChI=1S/C14H11NO6/c16-7-8-2-3-9(11-6-10(14(17)18)15-21-11)13-12(8)19-4-1-5-20-13/h2-3,6-7H,1,4-5H2,(H,17,18). The molecule has 1 aliphatic rings. The van der Waals surface area contributed by atoms with Crippen LogP contribution in [0, 0.1) is 0 Å². The highest BCUT2D eigenvalue weighted by Crippen LogP contribution is 2.41. The Kier molecular flexibility index (Phi) is 3.31. The van der Waals surface area contributed by atoms with Gasteiger partial charge < -0.3 is 19.1 Å². The molecule has 0 fully saturated rings. The number of aldehydes is 1. The van der Waals surface area contributed by atoms with Crippen molar-refractivity contribution >= 4 is 12.3 Å². The van der Waals surface area contributed by atoms with E-state index < -0.39 is 5.97 Å². The lowest BCUT2D eigenvalue weighted by molar-refractivity contribution is 0.0685. The lowest BCUT2D eigenvalue weighted by Gasteiger charge is -2.12. The fraction of sp³-hybridized carbons (Fsp3) is 0.214. The van der Waals surface area contributed by atoms with Gasteiger partial charge in [-0.2, -0.15) is 0 Å². The fourth-order valence-corrected chi connectivity index (χ4v) is 2.07. The zero-order chi connectivity index (χ0) is 14.8. The minimum atomic E-state index is -1.18. The Hall–Kier alpha value is -2.83. The van der Waals surface area contributed by atoms with Crippen LogP contribution in [0.2, 0.25) is 0 Å². The number of fused-ring (bicyclic) bond motifs is 1. The summed E-state index contributed by atoms with van der Waals surface area (Å²) in [6.07, 6.45) is 1.36. The molecule has 0 atom stereocenters. The maximum atomic E-state index is 11.1. The van der Waals surface area contributed by atoms with Gasteiger partial charge in [0, 0.05) is 12.5 Å². The number of carbonyl (C=O) groups is 2. The fourth-order valence-electron chi connectivity index (χ4n) is 2.07. The van der Waals surface area contributed by atoms with Gasteiger partial charge in [0.15, 0.2) is 29.2 Å². The first-order valence-electron chi connectivity index (χ1n) is 6.29. The Bertz CT molecular complexity index is 705. The zero-order valence-electron chi connectivity index (χ0n) is 10.9. The summed E-state index contributed by atoms with van der Waals surface area (Å²) in [5.41, 5.74) is 0.666. The molecule has 0 aliphatic carbocycles. The lowest BCUT2D eigenvalue weighted by Crippen LogP contribution is -1.98. The summed E-state index contributed by atoms with van der Waals surface area (Å²) in [5, 5.41) is 12.4. The molecule has 1 aromatic heterocycles. The summed E-state index contributed by atoms with van der Waals surface area (Å²) in [6, 6.07) is 4.48. The highest BCUT2D eigenvalue weighted by Gasteiger charge is 2.23. The average molecular weight is 289 g/mol. The molecule has 2 heterocycles. The summed E-state index contributed by atoms with van der Waals surface area (Å²) in [7, 11) is 0. The van der Waals surface area contributed by atoms with Crippen LogP contribution in [0.3, 0.4) is 0 Å². The third-order valence-corrected chi connectivity index (χ3v) is 3.05. The van der Waals surface area contributed by atoms with Crippen LogP contribution in [0.5, 0.6) is 11.5 Å². The predicted molar refractivity (Wildman–Crippen MR) is 69.9 cm³/mol. The molecule has 108 valence electrons. The Morgan fingerprint density at radius 1 is 1.24 bits per heavy atom. The number of carbonyl (C=O) groups excluding carboxylic acids is 1. The Balaban J connectivity index is 2.13. The van der Waals surface area contributed by atoms with Crippen molar-refractivity contribution < 1.29 is 28.7 Å². The molecule has 0 spiro atoms. The average Bonchev–Trinajstić information content (AvgIpc) is 2.84. The maximum Gasteiger partial charge on any atom is 0.358 e. The van der Waals surface area contributed by atoms with E-state index in [9.17, 15) is 9.59 Å². The van der Waals surface area contributed by atoms with E-state index in [-0.39, 0.29) is 11.5 Å². The van der Waals surface area contributed by atoms with E-state index in [1.807, 2.05) is 0 Å². The molecular formula is C14H11NO6. The first kappa shape index (κ1) is 13.2. The summed E-state index contributed by atoms with van der Waals surface area (Å²) >= 11 is 0. The molecule has 1 aliphatic heterocycles. The van der Waals surface area contributed by atoms with Gasteiger partial charge in [0.25, 0.3) is 0 Å². The number of carboxylic acids is 1. The van der Waals surface area contributed by atoms with E-state index in [1.54, 1.807) is 12.1 Å². The van der Waals surface area contributed by atoms with Crippen molar-refractivity contribution in [1.82, 2.24) is 5.16 Å². The number of nitrogens with zero attached hydrogens (tertiary/aromatic N) is 1. The molecule has 2 aromatic rings. The molecule has 0 saturated carbocycles. The second-order valence-electron chi connectivity index (χ2n) is 4.41. The third kappa shape index (κ3) is 2.33. The zero-order valence-corrected chi connectivity index (χ0v) is 10.9. The van der Waals surface area contributed by atoms with Gasteiger partial charge in [-0.25, -0.2) is 4.79 Å². The van der Waals surface area contributed by atoms with Crippen LogP contribution >= 0.6 is 0 Å². The third-order valence-electron chi connectivity index (χ3n) is 3.05. The molecule has 21 heavy (non-hydrogen) atoms. The quantitative estimate of drug-likeness (QED) is 0.863. The van der Waals surface area contributed by atoms with Gasteiger partial charge in [0.05, 0.1) is 24.3 Å². The molecule has 1 aromatic carbocycles. The molecular weight excluding hydrogens is 278 g/mol. The van der Waals surface area contributed by atoms with Crippen molar-refractivity contribution in [2.75, 3.05) is 13.2 Å². The normalized spacial score (nSPS) is 13.5. The Morgan fingerprint density at radius 3 is 2.67 bits per heavy atom. The lowest BCUT2D eigenvalue weighted by atomic mass is 10.1. The first-order valence-corrected chi connectivity index (χ1v) is 6.29. The van der Waals surface area contributed by atoms with E-state index in [0.29, 0.717) is 48.5 Å². The highest BCUT2D eigenvalue weighted by atomic mass is 16.5. The van der Waals surface area contributed by atoms with Gasteiger partial charge in [-0.15, -0.1) is 0 Å². The molecule has 0 bridgehead atoms. The molecule has 0 amide bonds. The van der Waals surface area contributed by atoms with Crippen molar-refractivity contribution in [2.45, 2.75) is 6.42 Å². The van der Waals surface area contributed by atoms with Gasteiger partial charge in [-0.1, -0.05) is 5.16 Å². The molecule has 0 saturated heterocycles. The summed E-state index contributed by atoms with van der Waals surface area (Å²) in [6.45, 7) is 0.871. The number of ether oxygens (including phenoxy) is 2. The van der Waals surface area contributed by atoms with Crippen molar-refractivity contribution in [1.29, 1.82) is 0 Å². The minimum Gasteiger partial charge on any atom is -0.489 e. The summed E-state index contributed by atoms with van der Waals surface area (Å²) < 4.78 is 16.2. The minimum absolute atomic E-state index is 0.201. The predicted octanol–water partition coefficient (Wildman–Crippen LogP) is 2.01. The monoisotopic (exact) mass is 289 g/mol. The van der Waals surface area contributed by atoms with E-state index in [1.165, 1.54) is 6.07 Å². The topological polar surface area (TPSA) is 98.9 Å². The number of hydrogen-bond acceptors (Lipinski definition) is 6. The number of aromatic nitrogens is 1. The van der Waals surface area contributed by atoms with Gasteiger partial charge in [0.1, 0.15) is 0 Å². The number of hydrogen-bond donors (Lipinski definition) is 1. The maximum absolute atomic E-state index is 11.1. The molecule has 1 N–H and O–H groups in total. The molecule has 7 nitrogen and oxygen atoms in total. The van der Waals surface area contributed by atoms with E-state index in [0.717, 1.165) is 0 Å². The largest absolute Gasteiger partial charge is 0.489 e. The van der Waals surface area contributed by atoms with Crippen LogP contribution in [0.4, 0.5) is 0 Å². The van der Waals surface area contributed by atoms with Crippen molar-refractivity contribution in [3.05, 3.63) is 29.5 Å². The van der Waals surface area contributed by atoms with Gasteiger partial charge in [-0.05, 0) is 12.1 Å². The first-order chi connectivity index (χ1) is 10.2. The second-order valence-corrected chi connectivity index (χ2v) is 4.41. The van der Waals surface area contributed by atoms with Crippen LogP contribution in [-0.2, 0) is 0 Å². The van der Waals surface area contributed by atoms with E-state index >= 15 is 0 Å². The summed E-state index contributed by atoms with van der Waals surface area (Å²) in [5.74, 6) is -0.233. The van der Waals surface area contributed by atoms with Crippen molar-refractivity contribution in [3.63, 3.8) is 0 Å². The number of aromatic carboxylic acids is 1. The van der Waals surface area contributed by atoms with Gasteiger partial charge in [-0.3, -0.25) is 4.79 Å². The number of carboxylic acid groups (broad SMARTS) is 1. The molecule has 0 radical (unpaired) electrons. The van der Waals surface area contributed by atoms with Crippen LogP contribution < -0.4 is 9.47 Å².